The second-order valence-corrected chi connectivity index (χ2v) is 5.32. The third-order valence-electron chi connectivity index (χ3n) is 3.87. The molecule has 0 aliphatic heterocycles. The van der Waals surface area contributed by atoms with Gasteiger partial charge < -0.3 is 15.2 Å². The van der Waals surface area contributed by atoms with E-state index in [0.717, 1.165) is 18.4 Å². The highest BCUT2D eigenvalue weighted by Crippen LogP contribution is 2.40. The third kappa shape index (κ3) is 2.97. The average molecular weight is 294 g/mol. The van der Waals surface area contributed by atoms with Crippen LogP contribution >= 0.6 is 0 Å². The monoisotopic (exact) mass is 294 g/mol. The second kappa shape index (κ2) is 5.69. The minimum atomic E-state index is -1.20. The third-order valence-corrected chi connectivity index (χ3v) is 3.87. The summed E-state index contributed by atoms with van der Waals surface area (Å²) >= 11 is 0. The van der Waals surface area contributed by atoms with Crippen LogP contribution in [0, 0.1) is 23.0 Å². The van der Waals surface area contributed by atoms with E-state index in [1.165, 1.54) is 6.07 Å². The molecular formula is C14H18N2O5. The van der Waals surface area contributed by atoms with E-state index in [1.54, 1.807) is 26.1 Å². The number of nitro groups is 1. The molecule has 21 heavy (non-hydrogen) atoms. The Bertz CT molecular complexity index is 570. The van der Waals surface area contributed by atoms with Gasteiger partial charge in [0.05, 0.1) is 4.92 Å². The second-order valence-electron chi connectivity index (χ2n) is 5.32. The van der Waals surface area contributed by atoms with Gasteiger partial charge in [-0.05, 0) is 44.4 Å². The van der Waals surface area contributed by atoms with E-state index in [2.05, 4.69) is 5.32 Å². The maximum Gasteiger partial charge on any atom is 0.327 e. The minimum absolute atomic E-state index is 0.0103. The Morgan fingerprint density at radius 3 is 2.71 bits per heavy atom. The first-order valence-corrected chi connectivity index (χ1v) is 6.71. The zero-order valence-electron chi connectivity index (χ0n) is 12.0. The predicted octanol–water partition coefficient (Wildman–Crippen LogP) is 1.73. The van der Waals surface area contributed by atoms with Gasteiger partial charge >= 0.3 is 11.7 Å². The fourth-order valence-electron chi connectivity index (χ4n) is 2.39. The molecule has 1 aliphatic carbocycles. The Morgan fingerprint density at radius 2 is 2.24 bits per heavy atom. The molecule has 0 spiro atoms. The van der Waals surface area contributed by atoms with Crippen LogP contribution in [-0.4, -0.2) is 35.2 Å². The van der Waals surface area contributed by atoms with E-state index in [4.69, 9.17) is 4.74 Å². The lowest BCUT2D eigenvalue weighted by molar-refractivity contribution is -0.385. The van der Waals surface area contributed by atoms with Crippen molar-refractivity contribution in [1.82, 2.24) is 5.32 Å². The molecule has 0 aromatic heterocycles. The number of carboxylic acid groups (broad SMARTS) is 1. The molecule has 1 saturated carbocycles. The van der Waals surface area contributed by atoms with E-state index in [1.807, 2.05) is 0 Å². The molecule has 0 bridgehead atoms. The largest absolute Gasteiger partial charge is 0.484 e. The van der Waals surface area contributed by atoms with Crippen molar-refractivity contribution < 1.29 is 19.6 Å². The van der Waals surface area contributed by atoms with Crippen LogP contribution in [0.4, 0.5) is 5.69 Å². The highest BCUT2D eigenvalue weighted by atomic mass is 16.6. The zero-order chi connectivity index (χ0) is 15.6. The first-order chi connectivity index (χ1) is 9.90. The molecule has 0 heterocycles. The van der Waals surface area contributed by atoms with Crippen LogP contribution in [0.1, 0.15) is 18.4 Å². The summed E-state index contributed by atoms with van der Waals surface area (Å²) in [7, 11) is 1.57. The van der Waals surface area contributed by atoms with Crippen molar-refractivity contribution in [3.8, 4) is 5.75 Å². The molecule has 0 saturated heterocycles. The average Bonchev–Trinajstić information content (AvgIpc) is 3.24. The fraction of sp³-hybridized carbons (Fsp3) is 0.500. The number of carboxylic acids is 1. The van der Waals surface area contributed by atoms with Gasteiger partial charge in [0, 0.05) is 6.07 Å². The first kappa shape index (κ1) is 15.2. The normalized spacial score (nSPS) is 17.0. The summed E-state index contributed by atoms with van der Waals surface area (Å²) in [5.41, 5.74) is -0.545. The van der Waals surface area contributed by atoms with Crippen molar-refractivity contribution in [3.05, 3.63) is 33.9 Å². The van der Waals surface area contributed by atoms with E-state index < -0.39 is 16.4 Å². The summed E-state index contributed by atoms with van der Waals surface area (Å²) in [5, 5.41) is 23.3. The molecule has 1 aromatic carbocycles. The number of hydrogen-bond donors (Lipinski definition) is 2. The molecule has 0 radical (unpaired) electrons. The van der Waals surface area contributed by atoms with Gasteiger partial charge in [-0.25, -0.2) is 0 Å². The van der Waals surface area contributed by atoms with Crippen LogP contribution in [0.15, 0.2) is 18.2 Å². The Kier molecular flexibility index (Phi) is 4.13. The molecule has 2 rings (SSSR count). The lowest BCUT2D eigenvalue weighted by Crippen LogP contribution is -2.56. The molecular weight excluding hydrogens is 276 g/mol. The van der Waals surface area contributed by atoms with Gasteiger partial charge in [0.25, 0.3) is 0 Å². The molecule has 1 aliphatic rings. The van der Waals surface area contributed by atoms with E-state index in [-0.39, 0.29) is 24.0 Å². The van der Waals surface area contributed by atoms with Crippen LogP contribution < -0.4 is 10.1 Å². The fourth-order valence-corrected chi connectivity index (χ4v) is 2.39. The topological polar surface area (TPSA) is 102 Å². The van der Waals surface area contributed by atoms with Crippen molar-refractivity contribution >= 4 is 11.7 Å². The number of carbonyl (C=O) groups is 1. The molecule has 1 aromatic rings. The van der Waals surface area contributed by atoms with Crippen LogP contribution in [0.2, 0.25) is 0 Å². The standard InChI is InChI=1S/C14H18N2O5/c1-9-3-6-11(16(19)20)12(7-9)21-8-14(15-2,13(17)18)10-4-5-10/h3,6-7,10,15H,4-5,8H2,1-2H3,(H,17,18). The van der Waals surface area contributed by atoms with Gasteiger partial charge in [0.2, 0.25) is 0 Å². The molecule has 0 amide bonds. The number of benzene rings is 1. The van der Waals surface area contributed by atoms with E-state index in [9.17, 15) is 20.0 Å². The van der Waals surface area contributed by atoms with Gasteiger partial charge in [-0.15, -0.1) is 0 Å². The van der Waals surface area contributed by atoms with Crippen molar-refractivity contribution in [2.75, 3.05) is 13.7 Å². The highest BCUT2D eigenvalue weighted by molar-refractivity contribution is 5.80. The molecule has 114 valence electrons. The Morgan fingerprint density at radius 1 is 1.57 bits per heavy atom. The predicted molar refractivity (Wildman–Crippen MR) is 75.5 cm³/mol. The zero-order valence-corrected chi connectivity index (χ0v) is 12.0. The van der Waals surface area contributed by atoms with Gasteiger partial charge in [-0.2, -0.15) is 0 Å². The van der Waals surface area contributed by atoms with Crippen LogP contribution in [0.25, 0.3) is 0 Å². The lowest BCUT2D eigenvalue weighted by atomic mass is 9.94. The number of likely N-dealkylation sites (N-methyl/N-ethyl adjacent to an activating group) is 1. The van der Waals surface area contributed by atoms with Crippen LogP contribution in [0.3, 0.4) is 0 Å². The number of ether oxygens (including phenoxy) is 1. The number of hydrogen-bond acceptors (Lipinski definition) is 5. The highest BCUT2D eigenvalue weighted by Gasteiger charge is 2.51. The Labute approximate surface area is 122 Å². The maximum absolute atomic E-state index is 11.6. The van der Waals surface area contributed by atoms with E-state index in [0.29, 0.717) is 0 Å². The lowest BCUT2D eigenvalue weighted by Gasteiger charge is -2.28. The summed E-state index contributed by atoms with van der Waals surface area (Å²) in [4.78, 5) is 22.0. The van der Waals surface area contributed by atoms with Crippen LogP contribution in [-0.2, 0) is 4.79 Å². The maximum atomic E-state index is 11.6. The summed E-state index contributed by atoms with van der Waals surface area (Å²) < 4.78 is 5.51. The Balaban J connectivity index is 2.23. The first-order valence-electron chi connectivity index (χ1n) is 6.71. The number of nitro benzene ring substituents is 1. The smallest absolute Gasteiger partial charge is 0.327 e. The van der Waals surface area contributed by atoms with Gasteiger partial charge in [-0.1, -0.05) is 6.07 Å². The number of aryl methyl sites for hydroxylation is 1. The molecule has 7 heteroatoms. The number of aliphatic carboxylic acids is 1. The molecule has 2 N–H and O–H groups in total. The quantitative estimate of drug-likeness (QED) is 0.586. The minimum Gasteiger partial charge on any atom is -0.484 e. The molecule has 1 fully saturated rings. The SMILES string of the molecule is CNC(COc1cc(C)ccc1[N+](=O)[O-])(C(=O)O)C1CC1. The van der Waals surface area contributed by atoms with Gasteiger partial charge in [-0.3, -0.25) is 14.9 Å². The number of nitrogens with zero attached hydrogens (tertiary/aromatic N) is 1. The van der Waals surface area contributed by atoms with Crippen LogP contribution in [0.5, 0.6) is 5.75 Å². The summed E-state index contributed by atoms with van der Waals surface area (Å²) in [6.45, 7) is 1.65. The molecule has 7 nitrogen and oxygen atoms in total. The van der Waals surface area contributed by atoms with Crippen molar-refractivity contribution in [1.29, 1.82) is 0 Å². The molecule has 1 unspecified atom stereocenters. The summed E-state index contributed by atoms with van der Waals surface area (Å²) in [6, 6.07) is 4.53. The van der Waals surface area contributed by atoms with Gasteiger partial charge in [0.1, 0.15) is 6.61 Å². The van der Waals surface area contributed by atoms with E-state index >= 15 is 0 Å². The number of nitrogens with one attached hydrogen (secondary N) is 1. The Hall–Kier alpha value is -2.15. The summed E-state index contributed by atoms with van der Waals surface area (Å²) in [5.74, 6) is -0.909. The molecule has 1 atom stereocenters. The van der Waals surface area contributed by atoms with Crippen molar-refractivity contribution in [2.24, 2.45) is 5.92 Å². The van der Waals surface area contributed by atoms with Crippen molar-refractivity contribution in [3.63, 3.8) is 0 Å². The van der Waals surface area contributed by atoms with Crippen molar-refractivity contribution in [2.45, 2.75) is 25.3 Å². The summed E-state index contributed by atoms with van der Waals surface area (Å²) in [6.07, 6.45) is 1.62. The van der Waals surface area contributed by atoms with Gasteiger partial charge in [0.15, 0.2) is 11.3 Å². The number of rotatable bonds is 7.